The number of carbonyl (C=O) groups excluding carboxylic acids is 1. The molecule has 3 aromatic rings. The lowest BCUT2D eigenvalue weighted by Crippen LogP contribution is -2.14. The van der Waals surface area contributed by atoms with E-state index in [1.807, 2.05) is 0 Å². The number of fused-ring (bicyclic) bond motifs is 1. The van der Waals surface area contributed by atoms with E-state index in [9.17, 15) is 9.18 Å². The first kappa shape index (κ1) is 12.2. The number of anilines is 1. The maximum atomic E-state index is 13.5. The second-order valence-electron chi connectivity index (χ2n) is 4.20. The molecule has 0 unspecified atom stereocenters. The van der Waals surface area contributed by atoms with Gasteiger partial charge < -0.3 is 5.32 Å². The van der Waals surface area contributed by atoms with E-state index in [1.165, 1.54) is 12.1 Å². The Morgan fingerprint density at radius 2 is 1.95 bits per heavy atom. The van der Waals surface area contributed by atoms with Crippen molar-refractivity contribution >= 4 is 22.5 Å². The van der Waals surface area contributed by atoms with Gasteiger partial charge in [0.1, 0.15) is 11.5 Å². The van der Waals surface area contributed by atoms with Crippen LogP contribution in [-0.4, -0.2) is 15.9 Å². The van der Waals surface area contributed by atoms with E-state index in [0.717, 1.165) is 5.39 Å². The van der Waals surface area contributed by atoms with E-state index >= 15 is 0 Å². The van der Waals surface area contributed by atoms with Crippen LogP contribution in [0.5, 0.6) is 0 Å². The second-order valence-corrected chi connectivity index (χ2v) is 4.20. The molecule has 2 aromatic heterocycles. The molecule has 2 heterocycles. The smallest absolute Gasteiger partial charge is 0.274 e. The lowest BCUT2D eigenvalue weighted by molar-refractivity contribution is 0.102. The highest BCUT2D eigenvalue weighted by Crippen LogP contribution is 2.15. The summed E-state index contributed by atoms with van der Waals surface area (Å²) in [5.41, 5.74) is 1.03. The number of halogens is 1. The van der Waals surface area contributed by atoms with Crippen molar-refractivity contribution in [2.24, 2.45) is 0 Å². The summed E-state index contributed by atoms with van der Waals surface area (Å²) in [6.07, 6.45) is 3.27. The SMILES string of the molecule is O=C(Nc1ccccc1F)c1ccc2cnccc2n1. The fraction of sp³-hybridized carbons (Fsp3) is 0. The number of hydrogen-bond donors (Lipinski definition) is 1. The Hall–Kier alpha value is -2.82. The molecule has 0 aliphatic heterocycles. The minimum absolute atomic E-state index is 0.133. The van der Waals surface area contributed by atoms with Crippen LogP contribution in [0.25, 0.3) is 10.9 Å². The Kier molecular flexibility index (Phi) is 3.09. The summed E-state index contributed by atoms with van der Waals surface area (Å²) in [7, 11) is 0. The molecule has 0 bridgehead atoms. The van der Waals surface area contributed by atoms with Gasteiger partial charge in [0.2, 0.25) is 0 Å². The summed E-state index contributed by atoms with van der Waals surface area (Å²) >= 11 is 0. The van der Waals surface area contributed by atoms with Crippen LogP contribution < -0.4 is 5.32 Å². The highest BCUT2D eigenvalue weighted by atomic mass is 19.1. The zero-order valence-electron chi connectivity index (χ0n) is 10.4. The molecule has 0 atom stereocenters. The maximum absolute atomic E-state index is 13.5. The quantitative estimate of drug-likeness (QED) is 0.776. The van der Waals surface area contributed by atoms with Gasteiger partial charge in [-0.05, 0) is 30.3 Å². The normalized spacial score (nSPS) is 10.4. The monoisotopic (exact) mass is 267 g/mol. The van der Waals surface area contributed by atoms with Crippen molar-refractivity contribution in [2.75, 3.05) is 5.32 Å². The molecule has 0 aliphatic carbocycles. The number of hydrogen-bond acceptors (Lipinski definition) is 3. The third-order valence-corrected chi connectivity index (χ3v) is 2.84. The molecular formula is C15H10FN3O. The van der Waals surface area contributed by atoms with Crippen LogP contribution in [0, 0.1) is 5.82 Å². The van der Waals surface area contributed by atoms with Crippen LogP contribution in [0.15, 0.2) is 54.9 Å². The van der Waals surface area contributed by atoms with Crippen LogP contribution in [-0.2, 0) is 0 Å². The number of para-hydroxylation sites is 1. The van der Waals surface area contributed by atoms with Crippen LogP contribution in [0.2, 0.25) is 0 Å². The molecule has 5 heteroatoms. The number of carbonyl (C=O) groups is 1. The van der Waals surface area contributed by atoms with Crippen molar-refractivity contribution in [1.29, 1.82) is 0 Å². The van der Waals surface area contributed by atoms with E-state index in [2.05, 4.69) is 15.3 Å². The van der Waals surface area contributed by atoms with E-state index in [-0.39, 0.29) is 11.4 Å². The molecule has 0 aliphatic rings. The molecule has 1 N–H and O–H groups in total. The van der Waals surface area contributed by atoms with E-state index in [1.54, 1.807) is 42.7 Å². The molecule has 98 valence electrons. The Bertz CT molecular complexity index is 789. The van der Waals surface area contributed by atoms with Gasteiger partial charge in [-0.25, -0.2) is 9.37 Å². The van der Waals surface area contributed by atoms with Crippen molar-refractivity contribution in [1.82, 2.24) is 9.97 Å². The third-order valence-electron chi connectivity index (χ3n) is 2.84. The lowest BCUT2D eigenvalue weighted by atomic mass is 10.2. The minimum atomic E-state index is -0.481. The zero-order chi connectivity index (χ0) is 13.9. The molecule has 3 rings (SSSR count). The summed E-state index contributed by atoms with van der Waals surface area (Å²) in [6.45, 7) is 0. The van der Waals surface area contributed by atoms with Gasteiger partial charge >= 0.3 is 0 Å². The molecule has 1 amide bonds. The lowest BCUT2D eigenvalue weighted by Gasteiger charge is -2.06. The molecule has 20 heavy (non-hydrogen) atoms. The molecule has 0 spiro atoms. The number of aromatic nitrogens is 2. The first-order valence-electron chi connectivity index (χ1n) is 6.01. The Labute approximate surface area is 114 Å². The highest BCUT2D eigenvalue weighted by molar-refractivity contribution is 6.04. The number of nitrogens with one attached hydrogen (secondary N) is 1. The number of amides is 1. The molecular weight excluding hydrogens is 257 g/mol. The standard InChI is InChI=1S/C15H10FN3O/c16-11-3-1-2-4-13(11)19-15(20)14-6-5-10-9-17-8-7-12(10)18-14/h1-9H,(H,19,20). The van der Waals surface area contributed by atoms with Crippen molar-refractivity contribution in [2.45, 2.75) is 0 Å². The number of pyridine rings is 2. The van der Waals surface area contributed by atoms with Crippen LogP contribution in [0.3, 0.4) is 0 Å². The number of rotatable bonds is 2. The fourth-order valence-corrected chi connectivity index (χ4v) is 1.84. The first-order chi connectivity index (χ1) is 9.74. The van der Waals surface area contributed by atoms with Gasteiger partial charge in [0.25, 0.3) is 5.91 Å². The van der Waals surface area contributed by atoms with Gasteiger partial charge in [-0.1, -0.05) is 12.1 Å². The molecule has 0 radical (unpaired) electrons. The van der Waals surface area contributed by atoms with Gasteiger partial charge in [-0.2, -0.15) is 0 Å². The van der Waals surface area contributed by atoms with Crippen LogP contribution in [0.4, 0.5) is 10.1 Å². The molecule has 4 nitrogen and oxygen atoms in total. The maximum Gasteiger partial charge on any atom is 0.274 e. The molecule has 0 fully saturated rings. The number of benzene rings is 1. The first-order valence-corrected chi connectivity index (χ1v) is 6.01. The van der Waals surface area contributed by atoms with E-state index in [4.69, 9.17) is 0 Å². The van der Waals surface area contributed by atoms with Gasteiger partial charge in [0, 0.05) is 17.8 Å². The third kappa shape index (κ3) is 2.33. The van der Waals surface area contributed by atoms with Gasteiger partial charge in [0.05, 0.1) is 11.2 Å². The Morgan fingerprint density at radius 1 is 1.10 bits per heavy atom. The topological polar surface area (TPSA) is 54.9 Å². The average Bonchev–Trinajstić information content (AvgIpc) is 2.49. The summed E-state index contributed by atoms with van der Waals surface area (Å²) in [5.74, 6) is -0.931. The summed E-state index contributed by atoms with van der Waals surface area (Å²) < 4.78 is 13.5. The largest absolute Gasteiger partial charge is 0.318 e. The van der Waals surface area contributed by atoms with Crippen molar-refractivity contribution in [3.63, 3.8) is 0 Å². The van der Waals surface area contributed by atoms with Gasteiger partial charge in [-0.15, -0.1) is 0 Å². The minimum Gasteiger partial charge on any atom is -0.318 e. The van der Waals surface area contributed by atoms with Gasteiger partial charge in [0.15, 0.2) is 0 Å². The summed E-state index contributed by atoms with van der Waals surface area (Å²) in [6, 6.07) is 11.1. The summed E-state index contributed by atoms with van der Waals surface area (Å²) in [4.78, 5) is 20.3. The van der Waals surface area contributed by atoms with Crippen molar-refractivity contribution in [3.05, 3.63) is 66.4 Å². The predicted molar refractivity (Wildman–Crippen MR) is 73.9 cm³/mol. The van der Waals surface area contributed by atoms with E-state index < -0.39 is 11.7 Å². The Balaban J connectivity index is 1.91. The van der Waals surface area contributed by atoms with Gasteiger partial charge in [-0.3, -0.25) is 9.78 Å². The predicted octanol–water partition coefficient (Wildman–Crippen LogP) is 3.02. The summed E-state index contributed by atoms with van der Waals surface area (Å²) in [5, 5.41) is 3.34. The molecule has 0 saturated heterocycles. The fourth-order valence-electron chi connectivity index (χ4n) is 1.84. The second kappa shape index (κ2) is 5.05. The molecule has 1 aromatic carbocycles. The van der Waals surface area contributed by atoms with Crippen molar-refractivity contribution in [3.8, 4) is 0 Å². The Morgan fingerprint density at radius 3 is 2.80 bits per heavy atom. The zero-order valence-corrected chi connectivity index (χ0v) is 10.4. The van der Waals surface area contributed by atoms with Crippen molar-refractivity contribution < 1.29 is 9.18 Å². The average molecular weight is 267 g/mol. The van der Waals surface area contributed by atoms with Crippen LogP contribution in [0.1, 0.15) is 10.5 Å². The van der Waals surface area contributed by atoms with Crippen LogP contribution >= 0.6 is 0 Å². The molecule has 0 saturated carbocycles. The highest BCUT2D eigenvalue weighted by Gasteiger charge is 2.10. The van der Waals surface area contributed by atoms with E-state index in [0.29, 0.717) is 5.52 Å². The number of nitrogens with zero attached hydrogens (tertiary/aromatic N) is 2.